The van der Waals surface area contributed by atoms with Gasteiger partial charge in [-0.1, -0.05) is 87.5 Å². The largest absolute Gasteiger partial charge is 0.444 e. The average molecular weight is 505 g/mol. The van der Waals surface area contributed by atoms with E-state index in [2.05, 4.69) is 69.3 Å². The van der Waals surface area contributed by atoms with Gasteiger partial charge in [-0.15, -0.1) is 0 Å². The summed E-state index contributed by atoms with van der Waals surface area (Å²) >= 11 is 0. The van der Waals surface area contributed by atoms with Crippen molar-refractivity contribution in [1.29, 1.82) is 0 Å². The molecule has 0 aromatic heterocycles. The van der Waals surface area contributed by atoms with Gasteiger partial charge in [0.2, 0.25) is 0 Å². The maximum Gasteiger partial charge on any atom is 0.410 e. The Morgan fingerprint density at radius 1 is 0.833 bits per heavy atom. The Balaban J connectivity index is 1.99. The van der Waals surface area contributed by atoms with Crippen molar-refractivity contribution in [1.82, 2.24) is 4.90 Å². The molecule has 0 saturated carbocycles. The minimum atomic E-state index is -2.70. The summed E-state index contributed by atoms with van der Waals surface area (Å²) in [4.78, 5) is 14.2. The minimum Gasteiger partial charge on any atom is -0.444 e. The van der Waals surface area contributed by atoms with Crippen LogP contribution in [-0.4, -0.2) is 32.0 Å². The molecule has 6 heteroatoms. The second-order valence-electron chi connectivity index (χ2n) is 11.3. The summed E-state index contributed by atoms with van der Waals surface area (Å²) in [7, 11) is -0.959. The zero-order valence-electron chi connectivity index (χ0n) is 22.7. The van der Waals surface area contributed by atoms with Crippen LogP contribution in [0.1, 0.15) is 52.7 Å². The van der Waals surface area contributed by atoms with Crippen molar-refractivity contribution in [2.75, 3.05) is 12.8 Å². The quantitative estimate of drug-likeness (QED) is 0.331. The van der Waals surface area contributed by atoms with Crippen LogP contribution in [0.5, 0.6) is 0 Å². The first kappa shape index (κ1) is 27.5. The van der Waals surface area contributed by atoms with Crippen LogP contribution in [-0.2, 0) is 22.3 Å². The predicted molar refractivity (Wildman–Crippen MR) is 151 cm³/mol. The Kier molecular flexibility index (Phi) is 8.32. The first-order valence-electron chi connectivity index (χ1n) is 12.4. The van der Waals surface area contributed by atoms with Crippen LogP contribution < -0.4 is 16.1 Å². The van der Waals surface area contributed by atoms with Crippen LogP contribution in [0.25, 0.3) is 0 Å². The average Bonchev–Trinajstić information content (AvgIpc) is 2.80. The number of nitrogens with zero attached hydrogens (tertiary/aromatic N) is 1. The van der Waals surface area contributed by atoms with Gasteiger partial charge in [0.15, 0.2) is 0 Å². The van der Waals surface area contributed by atoms with E-state index in [0.29, 0.717) is 18.8 Å². The standard InChI is InChI=1S/C30H40N2O3Si/c1-29(2,3)35-28(33)32(7)21-24-20-25(31)19-18-23(24)22-34-36(30(4,5)6,26-14-10-8-11-15-26)27-16-12-9-13-17-27/h8-20H,21-22,31H2,1-7H3. The van der Waals surface area contributed by atoms with Crippen molar-refractivity contribution in [2.45, 2.75) is 65.3 Å². The molecule has 0 bridgehead atoms. The third-order valence-corrected chi connectivity index (χ3v) is 11.2. The predicted octanol–water partition coefficient (Wildman–Crippen LogP) is 5.71. The third kappa shape index (κ3) is 6.36. The van der Waals surface area contributed by atoms with Crippen LogP contribution in [0.2, 0.25) is 5.04 Å². The van der Waals surface area contributed by atoms with E-state index in [1.54, 1.807) is 11.9 Å². The molecule has 1 amide bonds. The van der Waals surface area contributed by atoms with Crippen LogP contribution in [0.15, 0.2) is 78.9 Å². The number of carbonyl (C=O) groups excluding carboxylic acids is 1. The SMILES string of the molecule is CN(Cc1cc(N)ccc1CO[Si](c1ccccc1)(c1ccccc1)C(C)(C)C)C(=O)OC(C)(C)C. The molecule has 3 aromatic carbocycles. The summed E-state index contributed by atoms with van der Waals surface area (Å²) in [5.74, 6) is 0. The molecule has 0 heterocycles. The zero-order chi connectivity index (χ0) is 26.6. The van der Waals surface area contributed by atoms with Crippen LogP contribution >= 0.6 is 0 Å². The van der Waals surface area contributed by atoms with E-state index in [9.17, 15) is 4.79 Å². The summed E-state index contributed by atoms with van der Waals surface area (Å²) in [6.07, 6.45) is -0.372. The molecule has 0 spiro atoms. The van der Waals surface area contributed by atoms with Crippen LogP contribution in [0, 0.1) is 0 Å². The molecule has 0 saturated heterocycles. The van der Waals surface area contributed by atoms with Gasteiger partial charge in [0.05, 0.1) is 6.61 Å². The number of anilines is 1. The van der Waals surface area contributed by atoms with Gasteiger partial charge in [-0.05, 0) is 59.4 Å². The van der Waals surface area contributed by atoms with Crippen molar-refractivity contribution in [2.24, 2.45) is 0 Å². The Bertz CT molecular complexity index is 1110. The molecule has 0 fully saturated rings. The van der Waals surface area contributed by atoms with Gasteiger partial charge in [0, 0.05) is 19.3 Å². The second kappa shape index (κ2) is 10.9. The molecular formula is C30H40N2O3Si. The normalized spacial score (nSPS) is 12.3. The number of benzene rings is 3. The monoisotopic (exact) mass is 504 g/mol. The number of ether oxygens (including phenoxy) is 1. The van der Waals surface area contributed by atoms with Gasteiger partial charge >= 0.3 is 6.09 Å². The fourth-order valence-corrected chi connectivity index (χ4v) is 9.07. The lowest BCUT2D eigenvalue weighted by atomic mass is 10.1. The van der Waals surface area contributed by atoms with Crippen molar-refractivity contribution in [3.05, 3.63) is 90.0 Å². The molecule has 0 unspecified atom stereocenters. The summed E-state index contributed by atoms with van der Waals surface area (Å²) in [6, 6.07) is 27.0. The number of rotatable bonds is 7. The molecular weight excluding hydrogens is 464 g/mol. The van der Waals surface area contributed by atoms with E-state index in [-0.39, 0.29) is 11.1 Å². The van der Waals surface area contributed by atoms with Gasteiger partial charge < -0.3 is 19.8 Å². The summed E-state index contributed by atoms with van der Waals surface area (Å²) in [5, 5.41) is 2.33. The molecule has 3 rings (SSSR count). The highest BCUT2D eigenvalue weighted by Crippen LogP contribution is 2.37. The lowest BCUT2D eigenvalue weighted by molar-refractivity contribution is 0.0284. The third-order valence-electron chi connectivity index (χ3n) is 6.20. The number of hydrogen-bond donors (Lipinski definition) is 1. The van der Waals surface area contributed by atoms with Gasteiger partial charge in [-0.25, -0.2) is 4.79 Å². The van der Waals surface area contributed by atoms with Crippen LogP contribution in [0.4, 0.5) is 10.5 Å². The van der Waals surface area contributed by atoms with Gasteiger partial charge in [-0.3, -0.25) is 0 Å². The van der Waals surface area contributed by atoms with E-state index < -0.39 is 13.9 Å². The van der Waals surface area contributed by atoms with Crippen molar-refractivity contribution >= 4 is 30.5 Å². The fourth-order valence-electron chi connectivity index (χ4n) is 4.54. The summed E-state index contributed by atoms with van der Waals surface area (Å²) in [6.45, 7) is 13.2. The topological polar surface area (TPSA) is 64.8 Å². The van der Waals surface area contributed by atoms with Gasteiger partial charge in [-0.2, -0.15) is 0 Å². The van der Waals surface area contributed by atoms with E-state index in [4.69, 9.17) is 14.9 Å². The van der Waals surface area contributed by atoms with Crippen molar-refractivity contribution in [3.63, 3.8) is 0 Å². The lowest BCUT2D eigenvalue weighted by Crippen LogP contribution is -2.66. The first-order chi connectivity index (χ1) is 16.8. The Hall–Kier alpha value is -3.09. The zero-order valence-corrected chi connectivity index (χ0v) is 23.7. The Morgan fingerprint density at radius 3 is 1.83 bits per heavy atom. The van der Waals surface area contributed by atoms with Crippen LogP contribution in [0.3, 0.4) is 0 Å². The fraction of sp³-hybridized carbons (Fsp3) is 0.367. The van der Waals surface area contributed by atoms with Gasteiger partial charge in [0.25, 0.3) is 8.32 Å². The van der Waals surface area contributed by atoms with E-state index >= 15 is 0 Å². The summed E-state index contributed by atoms with van der Waals surface area (Å²) < 4.78 is 12.7. The second-order valence-corrected chi connectivity index (χ2v) is 15.6. The Labute approximate surface area is 217 Å². The van der Waals surface area contributed by atoms with E-state index in [1.807, 2.05) is 51.1 Å². The molecule has 0 aliphatic carbocycles. The van der Waals surface area contributed by atoms with E-state index in [1.165, 1.54) is 10.4 Å². The number of nitrogens with two attached hydrogens (primary N) is 1. The number of carbonyl (C=O) groups is 1. The van der Waals surface area contributed by atoms with Gasteiger partial charge in [0.1, 0.15) is 5.60 Å². The molecule has 192 valence electrons. The molecule has 36 heavy (non-hydrogen) atoms. The molecule has 0 atom stereocenters. The minimum absolute atomic E-state index is 0.128. The van der Waals surface area contributed by atoms with Crippen molar-refractivity contribution < 1.29 is 14.0 Å². The number of hydrogen-bond acceptors (Lipinski definition) is 4. The number of amides is 1. The highest BCUT2D eigenvalue weighted by Gasteiger charge is 2.50. The molecule has 0 aliphatic heterocycles. The number of nitrogen functional groups attached to an aromatic ring is 1. The van der Waals surface area contributed by atoms with E-state index in [0.717, 1.165) is 11.1 Å². The van der Waals surface area contributed by atoms with Crippen molar-refractivity contribution in [3.8, 4) is 0 Å². The highest BCUT2D eigenvalue weighted by molar-refractivity contribution is 6.99. The Morgan fingerprint density at radius 2 is 1.36 bits per heavy atom. The maximum absolute atomic E-state index is 12.6. The molecule has 0 radical (unpaired) electrons. The summed E-state index contributed by atoms with van der Waals surface area (Å²) in [5.41, 5.74) is 8.19. The maximum atomic E-state index is 12.6. The molecule has 0 aliphatic rings. The molecule has 2 N–H and O–H groups in total. The first-order valence-corrected chi connectivity index (χ1v) is 14.3. The molecule has 5 nitrogen and oxygen atoms in total. The highest BCUT2D eigenvalue weighted by atomic mass is 28.4. The molecule has 3 aromatic rings. The smallest absolute Gasteiger partial charge is 0.410 e. The lowest BCUT2D eigenvalue weighted by Gasteiger charge is -2.43.